The van der Waals surface area contributed by atoms with E-state index < -0.39 is 6.10 Å². The standard InChI is InChI=1S/C19H20N2O3/c1-13-7-10-17-16(21-13)11-18(24-17)19(23)20-12-15(22)9-8-14-5-3-2-4-6-14/h2-7,10-11,15,22H,8-9,12H2,1H3,(H,20,23). The third kappa shape index (κ3) is 4.00. The van der Waals surface area contributed by atoms with Crippen molar-refractivity contribution in [1.82, 2.24) is 10.3 Å². The fourth-order valence-corrected chi connectivity index (χ4v) is 2.52. The Labute approximate surface area is 140 Å². The van der Waals surface area contributed by atoms with Crippen LogP contribution in [0.2, 0.25) is 0 Å². The molecule has 5 heteroatoms. The Morgan fingerprint density at radius 3 is 2.83 bits per heavy atom. The minimum Gasteiger partial charge on any atom is -0.449 e. The van der Waals surface area contributed by atoms with E-state index in [1.165, 1.54) is 5.56 Å². The first-order chi connectivity index (χ1) is 11.6. The SMILES string of the molecule is Cc1ccc2oc(C(=O)NCC(O)CCc3ccccc3)cc2n1. The highest BCUT2D eigenvalue weighted by molar-refractivity contribution is 5.95. The van der Waals surface area contributed by atoms with Crippen molar-refractivity contribution in [3.63, 3.8) is 0 Å². The number of hydrogen-bond acceptors (Lipinski definition) is 4. The van der Waals surface area contributed by atoms with Gasteiger partial charge in [-0.2, -0.15) is 0 Å². The van der Waals surface area contributed by atoms with Crippen molar-refractivity contribution < 1.29 is 14.3 Å². The topological polar surface area (TPSA) is 75.4 Å². The monoisotopic (exact) mass is 324 g/mol. The zero-order valence-corrected chi connectivity index (χ0v) is 13.5. The number of hydrogen-bond donors (Lipinski definition) is 2. The van der Waals surface area contributed by atoms with Crippen LogP contribution in [0.1, 0.15) is 28.2 Å². The average Bonchev–Trinajstić information content (AvgIpc) is 3.02. The lowest BCUT2D eigenvalue weighted by atomic mass is 10.1. The van der Waals surface area contributed by atoms with Gasteiger partial charge in [0.25, 0.3) is 5.91 Å². The molecule has 2 heterocycles. The number of aryl methyl sites for hydroxylation is 2. The normalized spacial score (nSPS) is 12.2. The second kappa shape index (κ2) is 7.27. The van der Waals surface area contributed by atoms with Crippen molar-refractivity contribution in [2.45, 2.75) is 25.9 Å². The van der Waals surface area contributed by atoms with Crippen LogP contribution in [0.15, 0.2) is 52.9 Å². The number of aliphatic hydroxyl groups is 1. The van der Waals surface area contributed by atoms with Gasteiger partial charge in [0.15, 0.2) is 11.3 Å². The maximum Gasteiger partial charge on any atom is 0.287 e. The molecule has 1 aromatic carbocycles. The molecule has 2 aromatic heterocycles. The van der Waals surface area contributed by atoms with Gasteiger partial charge in [-0.05, 0) is 37.5 Å². The quantitative estimate of drug-likeness (QED) is 0.731. The van der Waals surface area contributed by atoms with E-state index in [9.17, 15) is 9.90 Å². The number of fused-ring (bicyclic) bond motifs is 1. The summed E-state index contributed by atoms with van der Waals surface area (Å²) in [6.45, 7) is 2.07. The van der Waals surface area contributed by atoms with E-state index in [4.69, 9.17) is 4.42 Å². The number of carbonyl (C=O) groups is 1. The number of aromatic nitrogens is 1. The number of aliphatic hydroxyl groups excluding tert-OH is 1. The number of rotatable bonds is 6. The lowest BCUT2D eigenvalue weighted by Gasteiger charge is -2.11. The van der Waals surface area contributed by atoms with Gasteiger partial charge in [0.1, 0.15) is 5.52 Å². The molecule has 2 N–H and O–H groups in total. The van der Waals surface area contributed by atoms with Gasteiger partial charge in [0.2, 0.25) is 0 Å². The van der Waals surface area contributed by atoms with E-state index in [1.807, 2.05) is 43.3 Å². The smallest absolute Gasteiger partial charge is 0.287 e. The molecule has 0 saturated carbocycles. The first-order valence-electron chi connectivity index (χ1n) is 7.99. The lowest BCUT2D eigenvalue weighted by molar-refractivity contribution is 0.0886. The zero-order chi connectivity index (χ0) is 16.9. The Morgan fingerprint density at radius 2 is 2.04 bits per heavy atom. The van der Waals surface area contributed by atoms with Crippen LogP contribution in [0, 0.1) is 6.92 Å². The largest absolute Gasteiger partial charge is 0.449 e. The van der Waals surface area contributed by atoms with E-state index in [0.717, 1.165) is 12.1 Å². The van der Waals surface area contributed by atoms with Gasteiger partial charge in [0, 0.05) is 18.3 Å². The van der Waals surface area contributed by atoms with Gasteiger partial charge in [-0.25, -0.2) is 4.98 Å². The summed E-state index contributed by atoms with van der Waals surface area (Å²) in [6, 6.07) is 15.2. The van der Waals surface area contributed by atoms with Crippen LogP contribution in [-0.2, 0) is 6.42 Å². The van der Waals surface area contributed by atoms with Gasteiger partial charge in [-0.1, -0.05) is 30.3 Å². The molecule has 1 atom stereocenters. The maximum atomic E-state index is 12.1. The van der Waals surface area contributed by atoms with Gasteiger partial charge in [-0.15, -0.1) is 0 Å². The molecule has 0 aliphatic rings. The summed E-state index contributed by atoms with van der Waals surface area (Å²) in [5, 5.41) is 12.7. The second-order valence-corrected chi connectivity index (χ2v) is 5.83. The summed E-state index contributed by atoms with van der Waals surface area (Å²) in [5.41, 5.74) is 3.27. The van der Waals surface area contributed by atoms with E-state index >= 15 is 0 Å². The Hall–Kier alpha value is -2.66. The van der Waals surface area contributed by atoms with Crippen LogP contribution in [0.3, 0.4) is 0 Å². The molecule has 24 heavy (non-hydrogen) atoms. The molecule has 0 fully saturated rings. The van der Waals surface area contributed by atoms with Gasteiger partial charge >= 0.3 is 0 Å². The van der Waals surface area contributed by atoms with Crippen molar-refractivity contribution in [3.8, 4) is 0 Å². The molecule has 1 unspecified atom stereocenters. The summed E-state index contributed by atoms with van der Waals surface area (Å²) < 4.78 is 5.49. The van der Waals surface area contributed by atoms with Crippen LogP contribution in [0.25, 0.3) is 11.1 Å². The average molecular weight is 324 g/mol. The molecule has 3 rings (SSSR count). The minimum atomic E-state index is -0.598. The summed E-state index contributed by atoms with van der Waals surface area (Å²) in [6.07, 6.45) is 0.760. The molecule has 3 aromatic rings. The van der Waals surface area contributed by atoms with Crippen LogP contribution in [0.4, 0.5) is 0 Å². The number of carbonyl (C=O) groups excluding carboxylic acids is 1. The fourth-order valence-electron chi connectivity index (χ4n) is 2.52. The minimum absolute atomic E-state index is 0.190. The highest BCUT2D eigenvalue weighted by atomic mass is 16.3. The van der Waals surface area contributed by atoms with Gasteiger partial charge < -0.3 is 14.8 Å². The van der Waals surface area contributed by atoms with Crippen molar-refractivity contribution in [3.05, 3.63) is 65.5 Å². The molecule has 0 aliphatic carbocycles. The van der Waals surface area contributed by atoms with Crippen LogP contribution in [0.5, 0.6) is 0 Å². The fraction of sp³-hybridized carbons (Fsp3) is 0.263. The first kappa shape index (κ1) is 16.2. The zero-order valence-electron chi connectivity index (χ0n) is 13.5. The number of amides is 1. The molecule has 0 bridgehead atoms. The second-order valence-electron chi connectivity index (χ2n) is 5.83. The Balaban J connectivity index is 1.52. The third-order valence-electron chi connectivity index (χ3n) is 3.84. The number of pyridine rings is 1. The Bertz CT molecular complexity index is 827. The van der Waals surface area contributed by atoms with Crippen molar-refractivity contribution in [2.24, 2.45) is 0 Å². The molecule has 0 saturated heterocycles. The van der Waals surface area contributed by atoms with Crippen LogP contribution in [-0.4, -0.2) is 28.6 Å². The Morgan fingerprint density at radius 1 is 1.25 bits per heavy atom. The van der Waals surface area contributed by atoms with Gasteiger partial charge in [-0.3, -0.25) is 4.79 Å². The molecular weight excluding hydrogens is 304 g/mol. The molecule has 5 nitrogen and oxygen atoms in total. The molecule has 124 valence electrons. The lowest BCUT2D eigenvalue weighted by Crippen LogP contribution is -2.32. The number of benzene rings is 1. The summed E-state index contributed by atoms with van der Waals surface area (Å²) in [5.74, 6) is -0.136. The highest BCUT2D eigenvalue weighted by Gasteiger charge is 2.14. The molecule has 0 spiro atoms. The summed E-state index contributed by atoms with van der Waals surface area (Å²) in [7, 11) is 0. The molecule has 1 amide bonds. The predicted molar refractivity (Wildman–Crippen MR) is 91.8 cm³/mol. The number of furan rings is 1. The van der Waals surface area contributed by atoms with Crippen molar-refractivity contribution in [2.75, 3.05) is 6.54 Å². The van der Waals surface area contributed by atoms with Crippen LogP contribution >= 0.6 is 0 Å². The van der Waals surface area contributed by atoms with E-state index in [0.29, 0.717) is 17.5 Å². The maximum absolute atomic E-state index is 12.1. The van der Waals surface area contributed by atoms with Crippen LogP contribution < -0.4 is 5.32 Å². The number of nitrogens with zero attached hydrogens (tertiary/aromatic N) is 1. The number of nitrogens with one attached hydrogen (secondary N) is 1. The van der Waals surface area contributed by atoms with E-state index in [1.54, 1.807) is 12.1 Å². The molecule has 0 radical (unpaired) electrons. The van der Waals surface area contributed by atoms with E-state index in [-0.39, 0.29) is 18.2 Å². The van der Waals surface area contributed by atoms with E-state index in [2.05, 4.69) is 10.3 Å². The highest BCUT2D eigenvalue weighted by Crippen LogP contribution is 2.17. The predicted octanol–water partition coefficient (Wildman–Crippen LogP) is 2.86. The van der Waals surface area contributed by atoms with Gasteiger partial charge in [0.05, 0.1) is 6.10 Å². The summed E-state index contributed by atoms with van der Waals surface area (Å²) in [4.78, 5) is 16.4. The first-order valence-corrected chi connectivity index (χ1v) is 7.99. The third-order valence-corrected chi connectivity index (χ3v) is 3.84. The van der Waals surface area contributed by atoms with Crippen molar-refractivity contribution in [1.29, 1.82) is 0 Å². The molecular formula is C19H20N2O3. The molecule has 0 aliphatic heterocycles. The summed E-state index contributed by atoms with van der Waals surface area (Å²) >= 11 is 0. The van der Waals surface area contributed by atoms with Crippen molar-refractivity contribution >= 4 is 17.0 Å². The Kier molecular flexibility index (Phi) is 4.91.